The summed E-state index contributed by atoms with van der Waals surface area (Å²) in [6.45, 7) is 0.175. The molecule has 2 aromatic carbocycles. The van der Waals surface area contributed by atoms with Gasteiger partial charge < -0.3 is 10.6 Å². The fourth-order valence-electron chi connectivity index (χ4n) is 2.57. The van der Waals surface area contributed by atoms with Crippen molar-refractivity contribution < 1.29 is 13.2 Å². The highest BCUT2D eigenvalue weighted by Gasteiger charge is 2.24. The van der Waals surface area contributed by atoms with Gasteiger partial charge in [0.15, 0.2) is 5.03 Å². The van der Waals surface area contributed by atoms with Crippen molar-refractivity contribution in [1.82, 2.24) is 9.88 Å². The van der Waals surface area contributed by atoms with E-state index in [9.17, 15) is 13.2 Å². The van der Waals surface area contributed by atoms with E-state index in [1.165, 1.54) is 27.7 Å². The molecular formula is C19H19N3O3S2. The van der Waals surface area contributed by atoms with Crippen LogP contribution >= 0.6 is 11.3 Å². The molecule has 3 aromatic rings. The number of thiazole rings is 1. The predicted molar refractivity (Wildman–Crippen MR) is 105 cm³/mol. The van der Waals surface area contributed by atoms with Gasteiger partial charge in [-0.25, -0.2) is 13.4 Å². The quantitative estimate of drug-likeness (QED) is 0.710. The van der Waals surface area contributed by atoms with Crippen LogP contribution in [0.5, 0.6) is 0 Å². The van der Waals surface area contributed by atoms with Gasteiger partial charge in [-0.15, -0.1) is 11.3 Å². The summed E-state index contributed by atoms with van der Waals surface area (Å²) in [7, 11) is -0.618. The summed E-state index contributed by atoms with van der Waals surface area (Å²) in [6.07, 6.45) is 0. The lowest BCUT2D eigenvalue weighted by molar-refractivity contribution is 0.0827. The number of sulfone groups is 1. The molecule has 0 unspecified atom stereocenters. The van der Waals surface area contributed by atoms with E-state index >= 15 is 0 Å². The zero-order valence-electron chi connectivity index (χ0n) is 14.9. The summed E-state index contributed by atoms with van der Waals surface area (Å²) in [4.78, 5) is 18.0. The fourth-order valence-corrected chi connectivity index (χ4v) is 4.85. The van der Waals surface area contributed by atoms with Gasteiger partial charge in [0.1, 0.15) is 5.01 Å². The van der Waals surface area contributed by atoms with Crippen molar-refractivity contribution in [2.24, 2.45) is 5.73 Å². The molecule has 0 aliphatic rings. The maximum atomic E-state index is 13.1. The van der Waals surface area contributed by atoms with Crippen LogP contribution in [0.4, 0.5) is 0 Å². The molecule has 6 nitrogen and oxygen atoms in total. The van der Waals surface area contributed by atoms with Crippen LogP contribution in [0.15, 0.2) is 63.8 Å². The normalized spacial score (nSPS) is 11.4. The smallest absolute Gasteiger partial charge is 0.253 e. The second-order valence-electron chi connectivity index (χ2n) is 6.10. The average Bonchev–Trinajstić information content (AvgIpc) is 3.17. The van der Waals surface area contributed by atoms with Gasteiger partial charge in [0.25, 0.3) is 5.91 Å². The number of rotatable bonds is 5. The van der Waals surface area contributed by atoms with Crippen molar-refractivity contribution in [3.8, 4) is 11.1 Å². The minimum atomic E-state index is -3.87. The molecule has 140 valence electrons. The van der Waals surface area contributed by atoms with Gasteiger partial charge in [-0.3, -0.25) is 4.79 Å². The first-order valence-electron chi connectivity index (χ1n) is 8.14. The van der Waals surface area contributed by atoms with E-state index in [0.29, 0.717) is 16.1 Å². The molecule has 8 heteroatoms. The minimum absolute atomic E-state index is 0.0305. The summed E-state index contributed by atoms with van der Waals surface area (Å²) in [5.74, 6) is -0.273. The number of carbonyl (C=O) groups excluding carboxylic acids is 1. The molecular weight excluding hydrogens is 382 g/mol. The van der Waals surface area contributed by atoms with Crippen LogP contribution in [0.1, 0.15) is 15.4 Å². The van der Waals surface area contributed by atoms with E-state index in [0.717, 1.165) is 5.56 Å². The Bertz CT molecular complexity index is 1070. The van der Waals surface area contributed by atoms with Crippen molar-refractivity contribution in [1.29, 1.82) is 0 Å². The minimum Gasteiger partial charge on any atom is -0.345 e. The number of aromatic nitrogens is 1. The first kappa shape index (κ1) is 19.2. The van der Waals surface area contributed by atoms with E-state index in [1.807, 2.05) is 30.3 Å². The first-order valence-corrected chi connectivity index (χ1v) is 10.5. The molecule has 0 aliphatic carbocycles. The van der Waals surface area contributed by atoms with Crippen molar-refractivity contribution in [3.05, 3.63) is 64.5 Å². The summed E-state index contributed by atoms with van der Waals surface area (Å²) in [5, 5.41) is 1.96. The van der Waals surface area contributed by atoms with E-state index in [2.05, 4.69) is 4.98 Å². The van der Waals surface area contributed by atoms with Crippen molar-refractivity contribution in [2.45, 2.75) is 16.5 Å². The monoisotopic (exact) mass is 401 g/mol. The SMILES string of the molecule is CN(C)C(=O)c1cc(-c2ccccc2)cc(S(=O)(=O)c2csc(CN)n2)c1. The Morgan fingerprint density at radius 1 is 1.11 bits per heavy atom. The Morgan fingerprint density at radius 3 is 2.41 bits per heavy atom. The topological polar surface area (TPSA) is 93.4 Å². The second kappa shape index (κ2) is 7.59. The molecule has 1 heterocycles. The molecule has 2 N–H and O–H groups in total. The van der Waals surface area contributed by atoms with Gasteiger partial charge in [-0.1, -0.05) is 30.3 Å². The number of nitrogens with two attached hydrogens (primary N) is 1. The van der Waals surface area contributed by atoms with Crippen molar-refractivity contribution in [2.75, 3.05) is 14.1 Å². The molecule has 0 bridgehead atoms. The number of amides is 1. The second-order valence-corrected chi connectivity index (χ2v) is 8.94. The number of nitrogens with zero attached hydrogens (tertiary/aromatic N) is 2. The van der Waals surface area contributed by atoms with Crippen molar-refractivity contribution >= 4 is 27.1 Å². The lowest BCUT2D eigenvalue weighted by atomic mass is 10.0. The Hall–Kier alpha value is -2.55. The third kappa shape index (κ3) is 3.92. The standard InChI is InChI=1S/C19H19N3O3S2/c1-22(2)19(23)15-8-14(13-6-4-3-5-7-13)9-16(10-15)27(24,25)18-12-26-17(11-20)21-18/h3-10,12H,11,20H2,1-2H3. The molecule has 3 rings (SSSR count). The van der Waals surface area contributed by atoms with Gasteiger partial charge in [0.2, 0.25) is 9.84 Å². The van der Waals surface area contributed by atoms with Crippen LogP contribution in [0, 0.1) is 0 Å². The van der Waals surface area contributed by atoms with E-state index in [1.54, 1.807) is 26.2 Å². The highest BCUT2D eigenvalue weighted by atomic mass is 32.2. The molecule has 0 saturated carbocycles. The molecule has 0 saturated heterocycles. The highest BCUT2D eigenvalue weighted by Crippen LogP contribution is 2.29. The van der Waals surface area contributed by atoms with Gasteiger partial charge in [-0.2, -0.15) is 0 Å². The number of carbonyl (C=O) groups is 1. The first-order chi connectivity index (χ1) is 12.8. The molecule has 0 spiro atoms. The molecule has 0 radical (unpaired) electrons. The molecule has 0 aliphatic heterocycles. The lowest BCUT2D eigenvalue weighted by Gasteiger charge is -2.13. The van der Waals surface area contributed by atoms with Crippen LogP contribution in [0.2, 0.25) is 0 Å². The molecule has 1 amide bonds. The van der Waals surface area contributed by atoms with Crippen LogP contribution in [-0.2, 0) is 16.4 Å². The Morgan fingerprint density at radius 2 is 1.81 bits per heavy atom. The largest absolute Gasteiger partial charge is 0.345 e. The Balaban J connectivity index is 2.19. The van der Waals surface area contributed by atoms with Gasteiger partial charge in [0.05, 0.1) is 4.90 Å². The lowest BCUT2D eigenvalue weighted by Crippen LogP contribution is -2.22. The third-order valence-corrected chi connectivity index (χ3v) is 6.59. The van der Waals surface area contributed by atoms with Gasteiger partial charge in [0, 0.05) is 31.6 Å². The summed E-state index contributed by atoms with van der Waals surface area (Å²) in [6, 6.07) is 14.0. The number of hydrogen-bond donors (Lipinski definition) is 1. The summed E-state index contributed by atoms with van der Waals surface area (Å²) in [5.41, 5.74) is 7.32. The average molecular weight is 402 g/mol. The third-order valence-electron chi connectivity index (χ3n) is 3.96. The van der Waals surface area contributed by atoms with E-state index in [4.69, 9.17) is 5.73 Å². The van der Waals surface area contributed by atoms with Crippen LogP contribution in [-0.4, -0.2) is 38.3 Å². The molecule has 27 heavy (non-hydrogen) atoms. The van der Waals surface area contributed by atoms with Gasteiger partial charge in [-0.05, 0) is 29.3 Å². The molecule has 1 aromatic heterocycles. The Labute approximate surface area is 162 Å². The zero-order chi connectivity index (χ0) is 19.6. The Kier molecular flexibility index (Phi) is 5.41. The van der Waals surface area contributed by atoms with Crippen LogP contribution in [0.3, 0.4) is 0 Å². The highest BCUT2D eigenvalue weighted by molar-refractivity contribution is 7.91. The number of benzene rings is 2. The maximum Gasteiger partial charge on any atom is 0.253 e. The fraction of sp³-hybridized carbons (Fsp3) is 0.158. The number of hydrogen-bond acceptors (Lipinski definition) is 6. The summed E-state index contributed by atoms with van der Waals surface area (Å²) >= 11 is 1.20. The van der Waals surface area contributed by atoms with E-state index < -0.39 is 9.84 Å². The maximum absolute atomic E-state index is 13.1. The summed E-state index contributed by atoms with van der Waals surface area (Å²) < 4.78 is 26.1. The molecule has 0 atom stereocenters. The molecule has 0 fully saturated rings. The van der Waals surface area contributed by atoms with Crippen molar-refractivity contribution in [3.63, 3.8) is 0 Å². The van der Waals surface area contributed by atoms with Crippen LogP contribution < -0.4 is 5.73 Å². The zero-order valence-corrected chi connectivity index (χ0v) is 16.5. The van der Waals surface area contributed by atoms with Crippen LogP contribution in [0.25, 0.3) is 11.1 Å². The van der Waals surface area contributed by atoms with Gasteiger partial charge >= 0.3 is 0 Å². The predicted octanol–water partition coefficient (Wildman–Crippen LogP) is 2.80. The van der Waals surface area contributed by atoms with E-state index in [-0.39, 0.29) is 22.4 Å².